The summed E-state index contributed by atoms with van der Waals surface area (Å²) in [6.45, 7) is 3.11. The van der Waals surface area contributed by atoms with Gasteiger partial charge < -0.3 is 15.3 Å². The van der Waals surface area contributed by atoms with Crippen LogP contribution in [0.4, 0.5) is 5.69 Å². The molecule has 1 aromatic rings. The first-order valence-electron chi connectivity index (χ1n) is 7.76. The fourth-order valence-electron chi connectivity index (χ4n) is 2.93. The number of benzene rings is 1. The van der Waals surface area contributed by atoms with E-state index in [-0.39, 0.29) is 6.10 Å². The molecule has 0 radical (unpaired) electrons. The lowest BCUT2D eigenvalue weighted by molar-refractivity contribution is 0.0684. The smallest absolute Gasteiger partial charge is 0.0580 e. The lowest BCUT2D eigenvalue weighted by Gasteiger charge is -2.29. The summed E-state index contributed by atoms with van der Waals surface area (Å²) >= 11 is 0. The summed E-state index contributed by atoms with van der Waals surface area (Å²) < 4.78 is 0. The molecule has 0 bridgehead atoms. The standard InChI is InChI=1S/C17H28N2O/c1-13(14-8-10-16(11-9-14)19(2)3)18-12-15-6-4-5-7-17(15)20/h8-11,13,15,17-18,20H,4-7,12H2,1-3H3. The fourth-order valence-corrected chi connectivity index (χ4v) is 2.93. The summed E-state index contributed by atoms with van der Waals surface area (Å²) in [4.78, 5) is 2.11. The number of rotatable bonds is 5. The third-order valence-corrected chi connectivity index (χ3v) is 4.46. The molecule has 1 aliphatic rings. The molecule has 2 rings (SSSR count). The molecule has 3 unspecified atom stereocenters. The predicted octanol–water partition coefficient (Wildman–Crippen LogP) is 2.95. The quantitative estimate of drug-likeness (QED) is 0.868. The number of hydrogen-bond donors (Lipinski definition) is 2. The Morgan fingerprint density at radius 2 is 1.85 bits per heavy atom. The van der Waals surface area contributed by atoms with Gasteiger partial charge >= 0.3 is 0 Å². The summed E-state index contributed by atoms with van der Waals surface area (Å²) in [7, 11) is 4.11. The molecule has 3 atom stereocenters. The van der Waals surface area contributed by atoms with Crippen molar-refractivity contribution < 1.29 is 5.11 Å². The van der Waals surface area contributed by atoms with E-state index >= 15 is 0 Å². The van der Waals surface area contributed by atoms with Crippen molar-refractivity contribution in [2.45, 2.75) is 44.8 Å². The molecule has 1 aliphatic carbocycles. The first-order chi connectivity index (χ1) is 9.58. The maximum atomic E-state index is 10.0. The van der Waals surface area contributed by atoms with Gasteiger partial charge in [0.1, 0.15) is 0 Å². The third-order valence-electron chi connectivity index (χ3n) is 4.46. The van der Waals surface area contributed by atoms with Gasteiger partial charge in [-0.15, -0.1) is 0 Å². The number of nitrogens with one attached hydrogen (secondary N) is 1. The van der Waals surface area contributed by atoms with Crippen LogP contribution in [-0.2, 0) is 0 Å². The lowest BCUT2D eigenvalue weighted by Crippen LogP contribution is -2.34. The molecular formula is C17H28N2O. The van der Waals surface area contributed by atoms with Crippen molar-refractivity contribution in [3.8, 4) is 0 Å². The zero-order chi connectivity index (χ0) is 14.5. The molecule has 112 valence electrons. The van der Waals surface area contributed by atoms with E-state index in [4.69, 9.17) is 0 Å². The molecule has 0 aliphatic heterocycles. The summed E-state index contributed by atoms with van der Waals surface area (Å²) in [5.74, 6) is 0.423. The Kier molecular flexibility index (Phi) is 5.44. The van der Waals surface area contributed by atoms with E-state index in [1.807, 2.05) is 0 Å². The third kappa shape index (κ3) is 3.97. The van der Waals surface area contributed by atoms with Crippen LogP contribution in [0.25, 0.3) is 0 Å². The predicted molar refractivity (Wildman–Crippen MR) is 85.2 cm³/mol. The van der Waals surface area contributed by atoms with E-state index in [2.05, 4.69) is 55.5 Å². The normalized spacial score (nSPS) is 24.4. The second kappa shape index (κ2) is 7.09. The Hall–Kier alpha value is -1.06. The average Bonchev–Trinajstić information content (AvgIpc) is 2.46. The van der Waals surface area contributed by atoms with Crippen molar-refractivity contribution >= 4 is 5.69 Å². The average molecular weight is 276 g/mol. The molecule has 2 N–H and O–H groups in total. The van der Waals surface area contributed by atoms with E-state index in [1.165, 1.54) is 24.1 Å². The van der Waals surface area contributed by atoms with Crippen LogP contribution in [0.3, 0.4) is 0 Å². The monoisotopic (exact) mass is 276 g/mol. The topological polar surface area (TPSA) is 35.5 Å². The molecule has 3 nitrogen and oxygen atoms in total. The van der Waals surface area contributed by atoms with Crippen LogP contribution in [-0.4, -0.2) is 31.9 Å². The SMILES string of the molecule is CC(NCC1CCCCC1O)c1ccc(N(C)C)cc1. The molecule has 1 aromatic carbocycles. The summed E-state index contributed by atoms with van der Waals surface area (Å²) in [5.41, 5.74) is 2.53. The maximum Gasteiger partial charge on any atom is 0.0580 e. The van der Waals surface area contributed by atoms with Crippen molar-refractivity contribution in [1.82, 2.24) is 5.32 Å². The molecule has 0 saturated heterocycles. The van der Waals surface area contributed by atoms with Gasteiger partial charge in [0.25, 0.3) is 0 Å². The number of aliphatic hydroxyl groups excluding tert-OH is 1. The first kappa shape index (κ1) is 15.3. The van der Waals surface area contributed by atoms with Crippen molar-refractivity contribution in [2.75, 3.05) is 25.5 Å². The van der Waals surface area contributed by atoms with Gasteiger partial charge in [0.15, 0.2) is 0 Å². The second-order valence-electron chi connectivity index (χ2n) is 6.23. The lowest BCUT2D eigenvalue weighted by atomic mass is 9.86. The molecule has 0 aromatic heterocycles. The van der Waals surface area contributed by atoms with E-state index in [0.29, 0.717) is 12.0 Å². The van der Waals surface area contributed by atoms with Crippen LogP contribution in [0, 0.1) is 5.92 Å². The van der Waals surface area contributed by atoms with Gasteiger partial charge in [-0.05, 0) is 43.4 Å². The summed E-state index contributed by atoms with van der Waals surface area (Å²) in [6, 6.07) is 9.01. The van der Waals surface area contributed by atoms with Crippen molar-refractivity contribution in [2.24, 2.45) is 5.92 Å². The Morgan fingerprint density at radius 1 is 1.20 bits per heavy atom. The van der Waals surface area contributed by atoms with Crippen LogP contribution in [0.5, 0.6) is 0 Å². The van der Waals surface area contributed by atoms with Crippen molar-refractivity contribution in [1.29, 1.82) is 0 Å². The minimum absolute atomic E-state index is 0.112. The molecular weight excluding hydrogens is 248 g/mol. The molecule has 0 heterocycles. The van der Waals surface area contributed by atoms with Gasteiger partial charge in [0.05, 0.1) is 6.10 Å². The minimum Gasteiger partial charge on any atom is -0.393 e. The molecule has 20 heavy (non-hydrogen) atoms. The number of nitrogens with zero attached hydrogens (tertiary/aromatic N) is 1. The van der Waals surface area contributed by atoms with Crippen LogP contribution in [0.1, 0.15) is 44.2 Å². The summed E-state index contributed by atoms with van der Waals surface area (Å²) in [5, 5.41) is 13.6. The van der Waals surface area contributed by atoms with E-state index in [0.717, 1.165) is 19.4 Å². The van der Waals surface area contributed by atoms with Gasteiger partial charge in [0, 0.05) is 32.4 Å². The van der Waals surface area contributed by atoms with Crippen LogP contribution >= 0.6 is 0 Å². The minimum atomic E-state index is -0.112. The molecule has 3 heteroatoms. The second-order valence-corrected chi connectivity index (χ2v) is 6.23. The van der Waals surface area contributed by atoms with Crippen molar-refractivity contribution in [3.05, 3.63) is 29.8 Å². The highest BCUT2D eigenvalue weighted by atomic mass is 16.3. The van der Waals surface area contributed by atoms with E-state index in [9.17, 15) is 5.11 Å². The van der Waals surface area contributed by atoms with Gasteiger partial charge in [-0.1, -0.05) is 25.0 Å². The van der Waals surface area contributed by atoms with Crippen molar-refractivity contribution in [3.63, 3.8) is 0 Å². The Bertz CT molecular complexity index is 402. The van der Waals surface area contributed by atoms with Crippen LogP contribution < -0.4 is 10.2 Å². The van der Waals surface area contributed by atoms with Crippen LogP contribution in [0.15, 0.2) is 24.3 Å². The molecule has 1 saturated carbocycles. The highest BCUT2D eigenvalue weighted by molar-refractivity contribution is 5.46. The number of anilines is 1. The van der Waals surface area contributed by atoms with Gasteiger partial charge in [0.2, 0.25) is 0 Å². The Labute approximate surface area is 123 Å². The Balaban J connectivity index is 1.86. The highest BCUT2D eigenvalue weighted by Crippen LogP contribution is 2.25. The van der Waals surface area contributed by atoms with Gasteiger partial charge in [-0.2, -0.15) is 0 Å². The molecule has 0 amide bonds. The zero-order valence-electron chi connectivity index (χ0n) is 13.0. The Morgan fingerprint density at radius 3 is 2.45 bits per heavy atom. The van der Waals surface area contributed by atoms with E-state index < -0.39 is 0 Å². The largest absolute Gasteiger partial charge is 0.393 e. The number of aliphatic hydroxyl groups is 1. The number of hydrogen-bond acceptors (Lipinski definition) is 3. The van der Waals surface area contributed by atoms with Gasteiger partial charge in [-0.3, -0.25) is 0 Å². The molecule has 0 spiro atoms. The first-order valence-corrected chi connectivity index (χ1v) is 7.76. The summed E-state index contributed by atoms with van der Waals surface area (Å²) in [6.07, 6.45) is 4.45. The van der Waals surface area contributed by atoms with Gasteiger partial charge in [-0.25, -0.2) is 0 Å². The van der Waals surface area contributed by atoms with Crippen LogP contribution in [0.2, 0.25) is 0 Å². The maximum absolute atomic E-state index is 10.0. The molecule has 1 fully saturated rings. The zero-order valence-corrected chi connectivity index (χ0v) is 13.0. The highest BCUT2D eigenvalue weighted by Gasteiger charge is 2.23. The van der Waals surface area contributed by atoms with E-state index in [1.54, 1.807) is 0 Å². The fraction of sp³-hybridized carbons (Fsp3) is 0.647.